The summed E-state index contributed by atoms with van der Waals surface area (Å²) in [6.45, 7) is 0. The molecule has 0 aliphatic carbocycles. The number of hydrogen-bond donors (Lipinski definition) is 0. The van der Waals surface area contributed by atoms with Crippen molar-refractivity contribution >= 4 is 58.0 Å². The summed E-state index contributed by atoms with van der Waals surface area (Å²) in [7, 11) is 0. The molecule has 0 aliphatic heterocycles. The molecule has 2 rings (SSSR count). The summed E-state index contributed by atoms with van der Waals surface area (Å²) in [5.41, 5.74) is 1.38. The van der Waals surface area contributed by atoms with Gasteiger partial charge < -0.3 is 0 Å². The molecular formula is C14H9Cl5. The van der Waals surface area contributed by atoms with E-state index in [1.54, 1.807) is 24.3 Å². The maximum atomic E-state index is 6.68. The van der Waals surface area contributed by atoms with Crippen molar-refractivity contribution in [2.75, 3.05) is 0 Å². The van der Waals surface area contributed by atoms with Gasteiger partial charge in [0.05, 0.1) is 0 Å². The van der Waals surface area contributed by atoms with Crippen LogP contribution in [0.4, 0.5) is 0 Å². The highest BCUT2D eigenvalue weighted by Crippen LogP contribution is 2.53. The number of hydrogen-bond acceptors (Lipinski definition) is 0. The van der Waals surface area contributed by atoms with Gasteiger partial charge in [0.15, 0.2) is 0 Å². The minimum absolute atomic E-state index is 0.597. The van der Waals surface area contributed by atoms with Crippen LogP contribution in [0, 0.1) is 0 Å². The Balaban J connectivity index is 2.63. The van der Waals surface area contributed by atoms with E-state index >= 15 is 0 Å². The third kappa shape index (κ3) is 2.99. The molecule has 19 heavy (non-hydrogen) atoms. The average Bonchev–Trinajstić information content (AvgIpc) is 2.38. The van der Waals surface area contributed by atoms with Crippen molar-refractivity contribution in [3.63, 3.8) is 0 Å². The third-order valence-corrected chi connectivity index (χ3v) is 4.92. The second-order valence-corrected chi connectivity index (χ2v) is 7.31. The highest BCUT2D eigenvalue weighted by Gasteiger charge is 2.49. The lowest BCUT2D eigenvalue weighted by Gasteiger charge is -2.34. The lowest BCUT2D eigenvalue weighted by molar-refractivity contribution is 0.748. The molecule has 0 amide bonds. The standard InChI is InChI=1S/C14H9Cl5/c15-12-8-6-11(7-9-12)13(16,14(17,18)19)10-4-2-1-3-5-10/h1-9H. The Morgan fingerprint density at radius 3 is 1.58 bits per heavy atom. The second-order valence-electron chi connectivity index (χ2n) is 4.03. The molecule has 0 radical (unpaired) electrons. The van der Waals surface area contributed by atoms with Crippen LogP contribution in [0.25, 0.3) is 0 Å². The number of rotatable bonds is 2. The van der Waals surface area contributed by atoms with Gasteiger partial charge in [0, 0.05) is 5.02 Å². The van der Waals surface area contributed by atoms with Crippen LogP contribution < -0.4 is 0 Å². The molecule has 0 fully saturated rings. The van der Waals surface area contributed by atoms with Gasteiger partial charge >= 0.3 is 0 Å². The smallest absolute Gasteiger partial charge is 0.104 e. The Kier molecular flexibility index (Phi) is 4.59. The molecule has 5 heteroatoms. The van der Waals surface area contributed by atoms with Crippen LogP contribution in [0.2, 0.25) is 5.02 Å². The van der Waals surface area contributed by atoms with E-state index in [9.17, 15) is 0 Å². The fraction of sp³-hybridized carbons (Fsp3) is 0.143. The molecule has 0 aliphatic rings. The molecule has 0 aromatic heterocycles. The maximum Gasteiger partial charge on any atom is 0.217 e. The maximum absolute atomic E-state index is 6.68. The van der Waals surface area contributed by atoms with E-state index < -0.39 is 8.67 Å². The first-order valence-electron chi connectivity index (χ1n) is 5.43. The second kappa shape index (κ2) is 5.71. The summed E-state index contributed by atoms with van der Waals surface area (Å²) in [6.07, 6.45) is 0. The van der Waals surface area contributed by atoms with E-state index in [4.69, 9.17) is 58.0 Å². The molecule has 1 atom stereocenters. The predicted molar refractivity (Wildman–Crippen MR) is 84.8 cm³/mol. The quantitative estimate of drug-likeness (QED) is 0.564. The van der Waals surface area contributed by atoms with E-state index in [-0.39, 0.29) is 0 Å². The first-order chi connectivity index (χ1) is 8.85. The predicted octanol–water partition coefficient (Wildman–Crippen LogP) is 6.19. The van der Waals surface area contributed by atoms with Crippen LogP contribution >= 0.6 is 58.0 Å². The minimum Gasteiger partial charge on any atom is -0.104 e. The van der Waals surface area contributed by atoms with Gasteiger partial charge in [0.1, 0.15) is 4.87 Å². The third-order valence-electron chi connectivity index (χ3n) is 2.80. The molecule has 0 nitrogen and oxygen atoms in total. The fourth-order valence-corrected chi connectivity index (χ4v) is 2.87. The summed E-state index contributed by atoms with van der Waals surface area (Å²) in [6, 6.07) is 16.2. The molecule has 0 spiro atoms. The zero-order chi connectivity index (χ0) is 14.1. The fourth-order valence-electron chi connectivity index (χ4n) is 1.84. The lowest BCUT2D eigenvalue weighted by atomic mass is 9.91. The normalized spacial score (nSPS) is 15.0. The van der Waals surface area contributed by atoms with Crippen LogP contribution in [0.5, 0.6) is 0 Å². The number of benzene rings is 2. The van der Waals surface area contributed by atoms with Gasteiger partial charge in [-0.25, -0.2) is 0 Å². The van der Waals surface area contributed by atoms with Gasteiger partial charge in [-0.2, -0.15) is 0 Å². The lowest BCUT2D eigenvalue weighted by Crippen LogP contribution is -2.35. The molecule has 0 saturated carbocycles. The average molecular weight is 354 g/mol. The topological polar surface area (TPSA) is 0 Å². The Labute approximate surface area is 137 Å². The summed E-state index contributed by atoms with van der Waals surface area (Å²) in [5, 5.41) is 0.597. The summed E-state index contributed by atoms with van der Waals surface area (Å²) >= 11 is 30.9. The summed E-state index contributed by atoms with van der Waals surface area (Å²) in [4.78, 5) is -1.27. The van der Waals surface area contributed by atoms with Crippen LogP contribution in [-0.4, -0.2) is 3.79 Å². The van der Waals surface area contributed by atoms with E-state index in [1.807, 2.05) is 30.3 Å². The SMILES string of the molecule is Clc1ccc(C(Cl)(c2ccccc2)C(Cl)(Cl)Cl)cc1. The van der Waals surface area contributed by atoms with Gasteiger partial charge in [0.25, 0.3) is 0 Å². The van der Waals surface area contributed by atoms with Crippen molar-refractivity contribution < 1.29 is 0 Å². The molecule has 0 N–H and O–H groups in total. The van der Waals surface area contributed by atoms with E-state index in [0.717, 1.165) is 0 Å². The zero-order valence-corrected chi connectivity index (χ0v) is 13.4. The van der Waals surface area contributed by atoms with Gasteiger partial charge in [0.2, 0.25) is 3.79 Å². The molecule has 1 unspecified atom stereocenters. The minimum atomic E-state index is -1.70. The van der Waals surface area contributed by atoms with Crippen molar-refractivity contribution in [1.82, 2.24) is 0 Å². The van der Waals surface area contributed by atoms with Gasteiger partial charge in [-0.05, 0) is 23.3 Å². The zero-order valence-electron chi connectivity index (χ0n) is 9.59. The number of alkyl halides is 4. The van der Waals surface area contributed by atoms with Crippen LogP contribution in [0.1, 0.15) is 11.1 Å². The van der Waals surface area contributed by atoms with Gasteiger partial charge in [-0.1, -0.05) is 88.9 Å². The highest BCUT2D eigenvalue weighted by molar-refractivity contribution is 6.71. The van der Waals surface area contributed by atoms with E-state index in [1.165, 1.54) is 0 Å². The van der Waals surface area contributed by atoms with Crippen molar-refractivity contribution in [2.24, 2.45) is 0 Å². The Hall–Kier alpha value is -0.110. The van der Waals surface area contributed by atoms with Crippen molar-refractivity contribution in [2.45, 2.75) is 8.67 Å². The Morgan fingerprint density at radius 2 is 1.11 bits per heavy atom. The highest BCUT2D eigenvalue weighted by atomic mass is 35.6. The van der Waals surface area contributed by atoms with Crippen molar-refractivity contribution in [3.8, 4) is 0 Å². The Bertz CT molecular complexity index is 544. The van der Waals surface area contributed by atoms with E-state index in [2.05, 4.69) is 0 Å². The summed E-state index contributed by atoms with van der Waals surface area (Å²) < 4.78 is -1.70. The van der Waals surface area contributed by atoms with Gasteiger partial charge in [-0.3, -0.25) is 0 Å². The molecule has 2 aromatic rings. The van der Waals surface area contributed by atoms with Gasteiger partial charge in [-0.15, -0.1) is 11.6 Å². The Morgan fingerprint density at radius 1 is 0.632 bits per heavy atom. The van der Waals surface area contributed by atoms with E-state index in [0.29, 0.717) is 16.1 Å². The molecule has 100 valence electrons. The van der Waals surface area contributed by atoms with Crippen LogP contribution in [0.15, 0.2) is 54.6 Å². The molecule has 2 aromatic carbocycles. The first-order valence-corrected chi connectivity index (χ1v) is 7.32. The van der Waals surface area contributed by atoms with Crippen molar-refractivity contribution in [3.05, 3.63) is 70.7 Å². The molecule has 0 saturated heterocycles. The van der Waals surface area contributed by atoms with Crippen molar-refractivity contribution in [1.29, 1.82) is 0 Å². The van der Waals surface area contributed by atoms with Crippen LogP contribution in [-0.2, 0) is 4.87 Å². The largest absolute Gasteiger partial charge is 0.217 e. The first kappa shape index (κ1) is 15.3. The summed E-state index contributed by atoms with van der Waals surface area (Å²) in [5.74, 6) is 0. The molecular weight excluding hydrogens is 345 g/mol. The molecule has 0 heterocycles. The van der Waals surface area contributed by atoms with Crippen LogP contribution in [0.3, 0.4) is 0 Å². The number of halogens is 5. The molecule has 0 bridgehead atoms. The monoisotopic (exact) mass is 352 g/mol.